The zero-order valence-corrected chi connectivity index (χ0v) is 16.4. The van der Waals surface area contributed by atoms with Gasteiger partial charge in [0.05, 0.1) is 0 Å². The van der Waals surface area contributed by atoms with Crippen LogP contribution < -0.4 is 5.32 Å². The van der Waals surface area contributed by atoms with E-state index in [1.54, 1.807) is 48.5 Å². The van der Waals surface area contributed by atoms with Gasteiger partial charge < -0.3 is 15.1 Å². The maximum Gasteiger partial charge on any atom is 0.255 e. The molecule has 1 heterocycles. The lowest BCUT2D eigenvalue weighted by atomic mass is 9.89. The van der Waals surface area contributed by atoms with Crippen LogP contribution in [0.15, 0.2) is 66.0 Å². The number of benzene rings is 2. The van der Waals surface area contributed by atoms with Crippen LogP contribution in [0.5, 0.6) is 0 Å². The van der Waals surface area contributed by atoms with Crippen molar-refractivity contribution in [1.29, 1.82) is 0 Å². The van der Waals surface area contributed by atoms with E-state index < -0.39 is 5.91 Å². The van der Waals surface area contributed by atoms with Crippen molar-refractivity contribution in [2.24, 2.45) is 0 Å². The Morgan fingerprint density at radius 2 is 1.45 bits per heavy atom. The lowest BCUT2D eigenvalue weighted by Gasteiger charge is -2.38. The second-order valence-electron chi connectivity index (χ2n) is 7.17. The molecule has 0 saturated carbocycles. The van der Waals surface area contributed by atoms with Gasteiger partial charge in [-0.2, -0.15) is 0 Å². The number of allylic oxidation sites excluding steroid dienone is 2. The van der Waals surface area contributed by atoms with Crippen molar-refractivity contribution < 1.29 is 14.4 Å². The lowest BCUT2D eigenvalue weighted by molar-refractivity contribution is 0.0879. The zero-order valence-electron chi connectivity index (χ0n) is 16.4. The number of amides is 1. The molecule has 1 aliphatic carbocycles. The molecule has 1 aliphatic heterocycles. The lowest BCUT2D eigenvalue weighted by Crippen LogP contribution is -2.49. The number of hydrogen-bond donors (Lipinski definition) is 1. The molecule has 2 aromatic rings. The Bertz CT molecular complexity index is 989. The topological polar surface area (TPSA) is 69.7 Å². The van der Waals surface area contributed by atoms with Gasteiger partial charge in [-0.25, -0.2) is 0 Å². The average molecular weight is 389 g/mol. The quantitative estimate of drug-likeness (QED) is 0.869. The van der Waals surface area contributed by atoms with Crippen molar-refractivity contribution in [2.75, 3.05) is 32.7 Å². The van der Waals surface area contributed by atoms with Crippen LogP contribution in [0.2, 0.25) is 0 Å². The number of rotatable bonds is 4. The van der Waals surface area contributed by atoms with Crippen LogP contribution in [0.4, 0.5) is 0 Å². The first-order chi connectivity index (χ1) is 14.1. The molecular formula is C23H23N3O3. The predicted molar refractivity (Wildman–Crippen MR) is 110 cm³/mol. The number of piperazine rings is 1. The van der Waals surface area contributed by atoms with Crippen LogP contribution in [0.3, 0.4) is 0 Å². The summed E-state index contributed by atoms with van der Waals surface area (Å²) in [5, 5.41) is 2.74. The van der Waals surface area contributed by atoms with Gasteiger partial charge in [0.15, 0.2) is 0 Å². The molecular weight excluding hydrogens is 366 g/mol. The third-order valence-corrected chi connectivity index (χ3v) is 5.51. The van der Waals surface area contributed by atoms with Crippen LogP contribution in [-0.4, -0.2) is 60.0 Å². The summed E-state index contributed by atoms with van der Waals surface area (Å²) in [6, 6.07) is 15.5. The van der Waals surface area contributed by atoms with Crippen LogP contribution in [-0.2, 0) is 0 Å². The van der Waals surface area contributed by atoms with E-state index in [0.717, 1.165) is 19.6 Å². The van der Waals surface area contributed by atoms with Crippen LogP contribution in [0, 0.1) is 0 Å². The third-order valence-electron chi connectivity index (χ3n) is 5.51. The zero-order chi connectivity index (χ0) is 20.4. The van der Waals surface area contributed by atoms with E-state index in [9.17, 15) is 14.4 Å². The molecule has 1 saturated heterocycles. The molecule has 0 aromatic heterocycles. The number of carbonyl (C=O) groups excluding carboxylic acids is 3. The molecule has 4 rings (SSSR count). The molecule has 0 unspecified atom stereocenters. The number of nitrogens with one attached hydrogen (secondary N) is 1. The van der Waals surface area contributed by atoms with Crippen molar-refractivity contribution in [3.63, 3.8) is 0 Å². The van der Waals surface area contributed by atoms with E-state index in [1.165, 1.54) is 0 Å². The summed E-state index contributed by atoms with van der Waals surface area (Å²) >= 11 is 0. The normalized spacial score (nSPS) is 17.3. The van der Waals surface area contributed by atoms with Gasteiger partial charge in [-0.15, -0.1) is 0 Å². The summed E-state index contributed by atoms with van der Waals surface area (Å²) in [4.78, 5) is 43.6. The third kappa shape index (κ3) is 3.59. The highest BCUT2D eigenvalue weighted by atomic mass is 16.2. The Balaban J connectivity index is 1.74. The monoisotopic (exact) mass is 389 g/mol. The number of ketones is 2. The fourth-order valence-corrected chi connectivity index (χ4v) is 3.84. The van der Waals surface area contributed by atoms with Gasteiger partial charge in [0.25, 0.3) is 5.91 Å². The van der Waals surface area contributed by atoms with Crippen molar-refractivity contribution in [2.45, 2.75) is 6.92 Å². The first-order valence-electron chi connectivity index (χ1n) is 9.86. The first kappa shape index (κ1) is 19.1. The standard InChI is InChI=1S/C23H23N3O3/c1-2-25-12-14-26(15-13-25)20-19(24-23(29)16-8-4-3-5-9-16)21(27)17-10-6-7-11-18(17)22(20)28/h3-11H,2,12-15H2,1H3,(H,24,29). The maximum atomic E-state index is 13.3. The summed E-state index contributed by atoms with van der Waals surface area (Å²) in [6.45, 7) is 5.93. The first-order valence-corrected chi connectivity index (χ1v) is 9.86. The highest BCUT2D eigenvalue weighted by Crippen LogP contribution is 2.28. The summed E-state index contributed by atoms with van der Waals surface area (Å²) in [5.41, 5.74) is 1.54. The Kier molecular flexibility index (Phi) is 5.27. The minimum Gasteiger partial charge on any atom is -0.364 e. The number of nitrogens with zero attached hydrogens (tertiary/aromatic N) is 2. The molecule has 0 radical (unpaired) electrons. The summed E-state index contributed by atoms with van der Waals surface area (Å²) in [6.07, 6.45) is 0. The fourth-order valence-electron chi connectivity index (χ4n) is 3.84. The molecule has 1 amide bonds. The van der Waals surface area contributed by atoms with Gasteiger partial charge >= 0.3 is 0 Å². The van der Waals surface area contributed by atoms with E-state index in [1.807, 2.05) is 11.0 Å². The van der Waals surface area contributed by atoms with E-state index in [0.29, 0.717) is 35.5 Å². The number of carbonyl (C=O) groups is 3. The largest absolute Gasteiger partial charge is 0.364 e. The van der Waals surface area contributed by atoms with Gasteiger partial charge in [-0.05, 0) is 18.7 Å². The van der Waals surface area contributed by atoms with Gasteiger partial charge in [0, 0.05) is 42.9 Å². The number of fused-ring (bicyclic) bond motifs is 1. The van der Waals surface area contributed by atoms with Crippen molar-refractivity contribution in [1.82, 2.24) is 15.1 Å². The molecule has 2 aliphatic rings. The molecule has 0 bridgehead atoms. The SMILES string of the molecule is CCN1CCN(C2=C(NC(=O)c3ccccc3)C(=O)c3ccccc3C2=O)CC1. The van der Waals surface area contributed by atoms with Crippen LogP contribution in [0.25, 0.3) is 0 Å². The maximum absolute atomic E-state index is 13.3. The highest BCUT2D eigenvalue weighted by molar-refractivity contribution is 6.27. The summed E-state index contributed by atoms with van der Waals surface area (Å²) in [7, 11) is 0. The van der Waals surface area contributed by atoms with Crippen molar-refractivity contribution >= 4 is 17.5 Å². The van der Waals surface area contributed by atoms with Gasteiger partial charge in [-0.1, -0.05) is 49.4 Å². The number of hydrogen-bond acceptors (Lipinski definition) is 5. The Labute approximate surface area is 169 Å². The predicted octanol–water partition coefficient (Wildman–Crippen LogP) is 2.34. The Morgan fingerprint density at radius 1 is 0.862 bits per heavy atom. The number of Topliss-reactive ketones (excluding diaryl/α,β-unsaturated/α-hetero) is 2. The van der Waals surface area contributed by atoms with Crippen molar-refractivity contribution in [3.05, 3.63) is 82.7 Å². The van der Waals surface area contributed by atoms with E-state index in [-0.39, 0.29) is 17.3 Å². The van der Waals surface area contributed by atoms with Gasteiger partial charge in [-0.3, -0.25) is 14.4 Å². The second kappa shape index (κ2) is 8.01. The molecule has 29 heavy (non-hydrogen) atoms. The van der Waals surface area contributed by atoms with E-state index >= 15 is 0 Å². The van der Waals surface area contributed by atoms with Crippen LogP contribution in [0.1, 0.15) is 38.0 Å². The molecule has 1 fully saturated rings. The number of likely N-dealkylation sites (N-methyl/N-ethyl adjacent to an activating group) is 1. The van der Waals surface area contributed by atoms with E-state index in [2.05, 4.69) is 17.1 Å². The molecule has 6 heteroatoms. The van der Waals surface area contributed by atoms with Gasteiger partial charge in [0.1, 0.15) is 11.4 Å². The molecule has 1 N–H and O–H groups in total. The molecule has 0 spiro atoms. The molecule has 6 nitrogen and oxygen atoms in total. The van der Waals surface area contributed by atoms with Crippen LogP contribution >= 0.6 is 0 Å². The van der Waals surface area contributed by atoms with Crippen molar-refractivity contribution in [3.8, 4) is 0 Å². The molecule has 0 atom stereocenters. The summed E-state index contributed by atoms with van der Waals surface area (Å²) < 4.78 is 0. The van der Waals surface area contributed by atoms with E-state index in [4.69, 9.17) is 0 Å². The molecule has 2 aromatic carbocycles. The van der Waals surface area contributed by atoms with Gasteiger partial charge in [0.2, 0.25) is 11.6 Å². The average Bonchev–Trinajstić information content (AvgIpc) is 2.78. The Morgan fingerprint density at radius 3 is 2.07 bits per heavy atom. The molecule has 148 valence electrons. The minimum atomic E-state index is -0.397. The summed E-state index contributed by atoms with van der Waals surface area (Å²) in [5.74, 6) is -0.934. The fraction of sp³-hybridized carbons (Fsp3) is 0.261. The second-order valence-corrected chi connectivity index (χ2v) is 7.17. The Hall–Kier alpha value is -3.25. The minimum absolute atomic E-state index is 0.0764. The smallest absolute Gasteiger partial charge is 0.255 e. The highest BCUT2D eigenvalue weighted by Gasteiger charge is 2.36.